The second-order valence-corrected chi connectivity index (χ2v) is 9.14. The SMILES string of the molecule is CC(=O)NCCc1ccc(C(=O)C(C)Sc2nc(C3CC3)n(-c3ccccc3)n2)cc1. The zero-order valence-corrected chi connectivity index (χ0v) is 18.6. The lowest BCUT2D eigenvalue weighted by Gasteiger charge is -2.09. The van der Waals surface area contributed by atoms with E-state index < -0.39 is 0 Å². The van der Waals surface area contributed by atoms with E-state index in [9.17, 15) is 9.59 Å². The molecule has 4 rings (SSSR count). The first kappa shape index (κ1) is 21.3. The number of aromatic nitrogens is 3. The van der Waals surface area contributed by atoms with Crippen LogP contribution in [0.3, 0.4) is 0 Å². The molecule has 3 aromatic rings. The first-order valence-corrected chi connectivity index (χ1v) is 11.5. The number of thioether (sulfide) groups is 1. The van der Waals surface area contributed by atoms with Crippen LogP contribution in [-0.2, 0) is 11.2 Å². The summed E-state index contributed by atoms with van der Waals surface area (Å²) in [6, 6.07) is 17.6. The molecule has 1 saturated carbocycles. The Morgan fingerprint density at radius 2 is 1.84 bits per heavy atom. The van der Waals surface area contributed by atoms with E-state index in [1.165, 1.54) is 18.7 Å². The summed E-state index contributed by atoms with van der Waals surface area (Å²) in [6.07, 6.45) is 3.01. The quantitative estimate of drug-likeness (QED) is 0.404. The standard InChI is InChI=1S/C24H26N4O2S/c1-16(22(30)19-10-8-18(9-11-19)14-15-25-17(2)29)31-24-26-23(20-12-13-20)28(27-24)21-6-4-3-5-7-21/h3-11,16,20H,12-15H2,1-2H3,(H,25,29). The summed E-state index contributed by atoms with van der Waals surface area (Å²) in [4.78, 5) is 28.7. The van der Waals surface area contributed by atoms with Crippen LogP contribution in [0.4, 0.5) is 0 Å². The molecule has 0 aliphatic heterocycles. The van der Waals surface area contributed by atoms with Gasteiger partial charge >= 0.3 is 0 Å². The largest absolute Gasteiger partial charge is 0.356 e. The van der Waals surface area contributed by atoms with Gasteiger partial charge in [-0.15, -0.1) is 5.10 Å². The van der Waals surface area contributed by atoms with E-state index >= 15 is 0 Å². The van der Waals surface area contributed by atoms with E-state index in [-0.39, 0.29) is 16.9 Å². The minimum atomic E-state index is -0.288. The van der Waals surface area contributed by atoms with Gasteiger partial charge in [0.1, 0.15) is 5.82 Å². The summed E-state index contributed by atoms with van der Waals surface area (Å²) in [5, 5.41) is 7.83. The molecule has 1 amide bonds. The van der Waals surface area contributed by atoms with Gasteiger partial charge < -0.3 is 5.32 Å². The summed E-state index contributed by atoms with van der Waals surface area (Å²) < 4.78 is 1.92. The molecule has 31 heavy (non-hydrogen) atoms. The van der Waals surface area contributed by atoms with Crippen LogP contribution in [0.15, 0.2) is 59.8 Å². The summed E-state index contributed by atoms with van der Waals surface area (Å²) >= 11 is 1.40. The van der Waals surface area contributed by atoms with E-state index in [0.29, 0.717) is 23.2 Å². The predicted molar refractivity (Wildman–Crippen MR) is 122 cm³/mol. The second kappa shape index (κ2) is 9.47. The molecular formula is C24H26N4O2S. The lowest BCUT2D eigenvalue weighted by atomic mass is 10.0. The van der Waals surface area contributed by atoms with Gasteiger partial charge in [0.2, 0.25) is 11.1 Å². The summed E-state index contributed by atoms with van der Waals surface area (Å²) in [7, 11) is 0. The molecule has 1 heterocycles. The van der Waals surface area contributed by atoms with Crippen LogP contribution in [-0.4, -0.2) is 38.2 Å². The summed E-state index contributed by atoms with van der Waals surface area (Å²) in [5.41, 5.74) is 2.76. The smallest absolute Gasteiger partial charge is 0.216 e. The maximum atomic E-state index is 12.9. The zero-order chi connectivity index (χ0) is 21.8. The van der Waals surface area contributed by atoms with E-state index in [1.54, 1.807) is 0 Å². The van der Waals surface area contributed by atoms with E-state index in [2.05, 4.69) is 5.32 Å². The van der Waals surface area contributed by atoms with E-state index in [0.717, 1.165) is 36.3 Å². The Bertz CT molecular complexity index is 1060. The fourth-order valence-corrected chi connectivity index (χ4v) is 4.22. The second-order valence-electron chi connectivity index (χ2n) is 7.83. The van der Waals surface area contributed by atoms with Crippen molar-refractivity contribution in [3.8, 4) is 5.69 Å². The number of carbonyl (C=O) groups is 2. The van der Waals surface area contributed by atoms with Crippen molar-refractivity contribution in [1.82, 2.24) is 20.1 Å². The molecule has 0 saturated heterocycles. The Kier molecular flexibility index (Phi) is 6.51. The third kappa shape index (κ3) is 5.41. The number of nitrogens with zero attached hydrogens (tertiary/aromatic N) is 3. The van der Waals surface area contributed by atoms with Crippen molar-refractivity contribution in [2.24, 2.45) is 0 Å². The first-order valence-electron chi connectivity index (χ1n) is 10.6. The molecule has 0 radical (unpaired) electrons. The van der Waals surface area contributed by atoms with Gasteiger partial charge in [0.15, 0.2) is 5.78 Å². The van der Waals surface area contributed by atoms with Crippen LogP contribution in [0.5, 0.6) is 0 Å². The molecule has 1 fully saturated rings. The lowest BCUT2D eigenvalue weighted by molar-refractivity contribution is -0.118. The number of hydrogen-bond donors (Lipinski definition) is 1. The number of nitrogens with one attached hydrogen (secondary N) is 1. The van der Waals surface area contributed by atoms with Crippen molar-refractivity contribution in [3.63, 3.8) is 0 Å². The maximum absolute atomic E-state index is 12.9. The Labute approximate surface area is 186 Å². The molecule has 0 spiro atoms. The van der Waals surface area contributed by atoms with Gasteiger partial charge in [-0.05, 0) is 43.9 Å². The highest BCUT2D eigenvalue weighted by Crippen LogP contribution is 2.40. The number of carbonyl (C=O) groups excluding carboxylic acids is 2. The lowest BCUT2D eigenvalue weighted by Crippen LogP contribution is -2.22. The van der Waals surface area contributed by atoms with Crippen LogP contribution in [0, 0.1) is 0 Å². The van der Waals surface area contributed by atoms with Gasteiger partial charge in [-0.1, -0.05) is 54.2 Å². The number of Topliss-reactive ketones (excluding diaryl/α,β-unsaturated/α-hetero) is 1. The fourth-order valence-electron chi connectivity index (χ4n) is 3.38. The van der Waals surface area contributed by atoms with Crippen LogP contribution < -0.4 is 5.32 Å². The Hall–Kier alpha value is -2.93. The maximum Gasteiger partial charge on any atom is 0.216 e. The number of amides is 1. The number of ketones is 1. The predicted octanol–water partition coefficient (Wildman–Crippen LogP) is 4.19. The summed E-state index contributed by atoms with van der Waals surface area (Å²) in [6.45, 7) is 4.00. The molecule has 1 aromatic heterocycles. The zero-order valence-electron chi connectivity index (χ0n) is 17.7. The van der Waals surface area contributed by atoms with Crippen molar-refractivity contribution in [1.29, 1.82) is 0 Å². The molecule has 1 unspecified atom stereocenters. The highest BCUT2D eigenvalue weighted by atomic mass is 32.2. The van der Waals surface area contributed by atoms with Crippen LogP contribution >= 0.6 is 11.8 Å². The summed E-state index contributed by atoms with van der Waals surface area (Å²) in [5.74, 6) is 1.46. The molecule has 160 valence electrons. The monoisotopic (exact) mass is 434 g/mol. The first-order chi connectivity index (χ1) is 15.0. The molecule has 1 atom stereocenters. The van der Waals surface area contributed by atoms with Gasteiger partial charge in [-0.25, -0.2) is 9.67 Å². The van der Waals surface area contributed by atoms with Crippen LogP contribution in [0.1, 0.15) is 54.4 Å². The molecule has 7 heteroatoms. The Balaban J connectivity index is 1.43. The van der Waals surface area contributed by atoms with E-state index in [4.69, 9.17) is 10.1 Å². The molecule has 1 aliphatic rings. The van der Waals surface area contributed by atoms with Gasteiger partial charge in [0.25, 0.3) is 0 Å². The highest BCUT2D eigenvalue weighted by molar-refractivity contribution is 8.00. The van der Waals surface area contributed by atoms with Gasteiger partial charge in [-0.3, -0.25) is 9.59 Å². The molecule has 1 aliphatic carbocycles. The number of hydrogen-bond acceptors (Lipinski definition) is 5. The van der Waals surface area contributed by atoms with Crippen molar-refractivity contribution in [3.05, 3.63) is 71.5 Å². The third-order valence-electron chi connectivity index (χ3n) is 5.23. The minimum absolute atomic E-state index is 0.0363. The Morgan fingerprint density at radius 1 is 1.13 bits per heavy atom. The number of para-hydroxylation sites is 1. The molecular weight excluding hydrogens is 408 g/mol. The van der Waals surface area contributed by atoms with Gasteiger partial charge in [0, 0.05) is 24.9 Å². The molecule has 0 bridgehead atoms. The fraction of sp³-hybridized carbons (Fsp3) is 0.333. The topological polar surface area (TPSA) is 76.9 Å². The molecule has 1 N–H and O–H groups in total. The minimum Gasteiger partial charge on any atom is -0.356 e. The van der Waals surface area contributed by atoms with Gasteiger partial charge in [-0.2, -0.15) is 0 Å². The third-order valence-corrected chi connectivity index (χ3v) is 6.18. The van der Waals surface area contributed by atoms with Crippen molar-refractivity contribution in [2.45, 2.75) is 49.4 Å². The normalized spacial score (nSPS) is 14.3. The van der Waals surface area contributed by atoms with Crippen molar-refractivity contribution in [2.75, 3.05) is 6.54 Å². The van der Waals surface area contributed by atoms with Crippen molar-refractivity contribution < 1.29 is 9.59 Å². The Morgan fingerprint density at radius 3 is 2.48 bits per heavy atom. The average Bonchev–Trinajstić information content (AvgIpc) is 3.54. The highest BCUT2D eigenvalue weighted by Gasteiger charge is 2.31. The van der Waals surface area contributed by atoms with Crippen molar-refractivity contribution >= 4 is 23.5 Å². The average molecular weight is 435 g/mol. The number of benzene rings is 2. The number of rotatable bonds is 9. The van der Waals surface area contributed by atoms with Gasteiger partial charge in [0.05, 0.1) is 10.9 Å². The van der Waals surface area contributed by atoms with Crippen LogP contribution in [0.2, 0.25) is 0 Å². The van der Waals surface area contributed by atoms with Crippen LogP contribution in [0.25, 0.3) is 5.69 Å². The molecule has 6 nitrogen and oxygen atoms in total. The van der Waals surface area contributed by atoms with E-state index in [1.807, 2.05) is 66.2 Å². The molecule has 2 aromatic carbocycles.